The van der Waals surface area contributed by atoms with E-state index in [0.717, 1.165) is 76.5 Å². The summed E-state index contributed by atoms with van der Waals surface area (Å²) in [5, 5.41) is 7.34. The monoisotopic (exact) mass is 386 g/mol. The molecule has 3 atom stereocenters. The average Bonchev–Trinajstić information content (AvgIpc) is 2.66. The molecular weight excluding hydrogens is 348 g/mol. The van der Waals surface area contributed by atoms with Gasteiger partial charge in [0.05, 0.1) is 6.54 Å². The van der Waals surface area contributed by atoms with Crippen molar-refractivity contribution >= 4 is 16.8 Å². The number of rotatable bonds is 7. The van der Waals surface area contributed by atoms with E-state index >= 15 is 0 Å². The van der Waals surface area contributed by atoms with Crippen LogP contribution in [0.25, 0.3) is 0 Å². The number of likely N-dealkylation sites (N-methyl/N-ethyl adjacent to an activating group) is 1. The summed E-state index contributed by atoms with van der Waals surface area (Å²) in [5.74, 6) is 1.66. The maximum absolute atomic E-state index is 12.2. The molecular formula is C19H38N4O2S. The largest absolute Gasteiger partial charge is 0.381 e. The highest BCUT2D eigenvalue weighted by Gasteiger charge is 2.35. The summed E-state index contributed by atoms with van der Waals surface area (Å²) in [6.07, 6.45) is 6.39. The number of guanidine groups is 1. The Kier molecular flexibility index (Phi) is 8.84. The fourth-order valence-electron chi connectivity index (χ4n) is 3.99. The van der Waals surface area contributed by atoms with Crippen molar-refractivity contribution in [2.45, 2.75) is 69.2 Å². The van der Waals surface area contributed by atoms with Crippen LogP contribution in [0.4, 0.5) is 0 Å². The van der Waals surface area contributed by atoms with E-state index in [4.69, 9.17) is 9.73 Å². The average molecular weight is 387 g/mol. The van der Waals surface area contributed by atoms with E-state index in [1.165, 1.54) is 0 Å². The van der Waals surface area contributed by atoms with Gasteiger partial charge in [0, 0.05) is 53.1 Å². The van der Waals surface area contributed by atoms with Crippen LogP contribution in [-0.4, -0.2) is 78.1 Å². The van der Waals surface area contributed by atoms with E-state index in [2.05, 4.69) is 36.6 Å². The molecule has 152 valence electrons. The summed E-state index contributed by atoms with van der Waals surface area (Å²) < 4.78 is 17.8. The van der Waals surface area contributed by atoms with Gasteiger partial charge in [-0.05, 0) is 53.1 Å². The molecule has 0 aromatic carbocycles. The Bertz CT molecular complexity index is 478. The first-order valence-corrected chi connectivity index (χ1v) is 11.6. The third-order valence-corrected chi connectivity index (χ3v) is 7.61. The minimum Gasteiger partial charge on any atom is -0.381 e. The van der Waals surface area contributed by atoms with Crippen LogP contribution in [0.1, 0.15) is 52.4 Å². The Morgan fingerprint density at radius 1 is 1.27 bits per heavy atom. The Morgan fingerprint density at radius 3 is 2.62 bits per heavy atom. The third kappa shape index (κ3) is 5.92. The molecule has 0 amide bonds. The first kappa shape index (κ1) is 21.6. The standard InChI is InChI=1S/C19H38N4O2S/c1-5-20-18(21-15-19(23(3)4)10-12-25-13-11-19)22-16-8-7-9-17(14-16)26(24)6-2/h16-17H,5-15H2,1-4H3,(H2,20,21,22). The molecule has 2 aliphatic rings. The maximum atomic E-state index is 12.2. The molecule has 3 unspecified atom stereocenters. The van der Waals surface area contributed by atoms with Crippen LogP contribution < -0.4 is 10.6 Å². The fraction of sp³-hybridized carbons (Fsp3) is 0.947. The SMILES string of the molecule is CCNC(=NCC1(N(C)C)CCOCC1)NC1CCCC(S(=O)CC)C1. The van der Waals surface area contributed by atoms with Crippen molar-refractivity contribution < 1.29 is 8.95 Å². The number of hydrogen-bond acceptors (Lipinski definition) is 4. The lowest BCUT2D eigenvalue weighted by atomic mass is 9.89. The first-order valence-electron chi connectivity index (χ1n) is 10.2. The van der Waals surface area contributed by atoms with Gasteiger partial charge in [-0.3, -0.25) is 9.20 Å². The normalized spacial score (nSPS) is 28.0. The molecule has 1 saturated carbocycles. The van der Waals surface area contributed by atoms with E-state index in [0.29, 0.717) is 11.3 Å². The zero-order chi connectivity index (χ0) is 19.0. The third-order valence-electron chi connectivity index (χ3n) is 5.87. The molecule has 2 rings (SSSR count). The minimum absolute atomic E-state index is 0.0827. The van der Waals surface area contributed by atoms with Gasteiger partial charge >= 0.3 is 0 Å². The van der Waals surface area contributed by atoms with Crippen LogP contribution in [-0.2, 0) is 15.5 Å². The van der Waals surface area contributed by atoms with E-state index in [1.807, 2.05) is 6.92 Å². The van der Waals surface area contributed by atoms with Gasteiger partial charge in [-0.1, -0.05) is 13.3 Å². The zero-order valence-corrected chi connectivity index (χ0v) is 17.9. The van der Waals surface area contributed by atoms with Gasteiger partial charge in [0.15, 0.2) is 5.96 Å². The molecule has 6 nitrogen and oxygen atoms in total. The number of hydrogen-bond donors (Lipinski definition) is 2. The van der Waals surface area contributed by atoms with Crippen molar-refractivity contribution in [2.24, 2.45) is 4.99 Å². The van der Waals surface area contributed by atoms with Crippen molar-refractivity contribution in [2.75, 3.05) is 46.2 Å². The molecule has 2 fully saturated rings. The Hall–Kier alpha value is -0.660. The molecule has 2 N–H and O–H groups in total. The van der Waals surface area contributed by atoms with Gasteiger partial charge in [-0.15, -0.1) is 0 Å². The van der Waals surface area contributed by atoms with Crippen LogP contribution in [0.2, 0.25) is 0 Å². The first-order chi connectivity index (χ1) is 12.5. The van der Waals surface area contributed by atoms with Crippen molar-refractivity contribution in [1.82, 2.24) is 15.5 Å². The summed E-state index contributed by atoms with van der Waals surface area (Å²) >= 11 is 0. The molecule has 26 heavy (non-hydrogen) atoms. The second kappa shape index (κ2) is 10.6. The van der Waals surface area contributed by atoms with E-state index < -0.39 is 10.8 Å². The van der Waals surface area contributed by atoms with Crippen LogP contribution in [0.5, 0.6) is 0 Å². The van der Waals surface area contributed by atoms with E-state index in [1.54, 1.807) is 0 Å². The van der Waals surface area contributed by atoms with Gasteiger partial charge in [0.1, 0.15) is 0 Å². The van der Waals surface area contributed by atoms with Crippen LogP contribution in [0.3, 0.4) is 0 Å². The highest BCUT2D eigenvalue weighted by atomic mass is 32.2. The molecule has 1 aliphatic heterocycles. The van der Waals surface area contributed by atoms with Crippen molar-refractivity contribution in [3.05, 3.63) is 0 Å². The van der Waals surface area contributed by atoms with Gasteiger partial charge < -0.3 is 20.3 Å². The maximum Gasteiger partial charge on any atom is 0.191 e. The number of nitrogens with one attached hydrogen (secondary N) is 2. The summed E-state index contributed by atoms with van der Waals surface area (Å²) in [6, 6.07) is 0.368. The Morgan fingerprint density at radius 2 is 2.00 bits per heavy atom. The molecule has 1 aliphatic carbocycles. The zero-order valence-electron chi connectivity index (χ0n) is 17.1. The van der Waals surface area contributed by atoms with Crippen molar-refractivity contribution in [3.8, 4) is 0 Å². The molecule has 0 spiro atoms. The minimum atomic E-state index is -0.694. The molecule has 0 aromatic heterocycles. The van der Waals surface area contributed by atoms with E-state index in [9.17, 15) is 4.21 Å². The fourth-order valence-corrected chi connectivity index (χ4v) is 5.34. The van der Waals surface area contributed by atoms with Gasteiger partial charge in [0.25, 0.3) is 0 Å². The molecule has 0 bridgehead atoms. The Labute approximate surface area is 162 Å². The lowest BCUT2D eigenvalue weighted by molar-refractivity contribution is -0.00255. The topological polar surface area (TPSA) is 66.0 Å². The van der Waals surface area contributed by atoms with Crippen LogP contribution in [0.15, 0.2) is 4.99 Å². The lowest BCUT2D eigenvalue weighted by Crippen LogP contribution is -2.52. The molecule has 0 radical (unpaired) electrons. The molecule has 7 heteroatoms. The van der Waals surface area contributed by atoms with Crippen molar-refractivity contribution in [3.63, 3.8) is 0 Å². The summed E-state index contributed by atoms with van der Waals surface area (Å²) in [4.78, 5) is 7.25. The highest BCUT2D eigenvalue weighted by Crippen LogP contribution is 2.26. The van der Waals surface area contributed by atoms with Crippen LogP contribution in [0, 0.1) is 0 Å². The summed E-state index contributed by atoms with van der Waals surface area (Å²) in [5.41, 5.74) is 0.0827. The quantitative estimate of drug-likeness (QED) is 0.515. The van der Waals surface area contributed by atoms with Gasteiger partial charge in [-0.25, -0.2) is 0 Å². The van der Waals surface area contributed by atoms with Crippen molar-refractivity contribution in [1.29, 1.82) is 0 Å². The molecule has 1 heterocycles. The predicted octanol–water partition coefficient (Wildman–Crippen LogP) is 1.73. The second-order valence-electron chi connectivity index (χ2n) is 7.73. The Balaban J connectivity index is 2.00. The van der Waals surface area contributed by atoms with Gasteiger partial charge in [0.2, 0.25) is 0 Å². The summed E-state index contributed by atoms with van der Waals surface area (Å²) in [6.45, 7) is 7.36. The molecule has 0 aromatic rings. The van der Waals surface area contributed by atoms with Crippen LogP contribution >= 0.6 is 0 Å². The number of nitrogens with zero attached hydrogens (tertiary/aromatic N) is 2. The second-order valence-corrected chi connectivity index (χ2v) is 9.73. The van der Waals surface area contributed by atoms with E-state index in [-0.39, 0.29) is 5.54 Å². The summed E-state index contributed by atoms with van der Waals surface area (Å²) in [7, 11) is 3.60. The smallest absolute Gasteiger partial charge is 0.191 e. The lowest BCUT2D eigenvalue weighted by Gasteiger charge is -2.41. The highest BCUT2D eigenvalue weighted by molar-refractivity contribution is 7.85. The molecule has 1 saturated heterocycles. The number of aliphatic imine (C=N–C) groups is 1. The number of ether oxygens (including phenoxy) is 1. The predicted molar refractivity (Wildman–Crippen MR) is 110 cm³/mol. The van der Waals surface area contributed by atoms with Gasteiger partial charge in [-0.2, -0.15) is 0 Å².